The molecule has 0 aromatic heterocycles. The standard InChI is InChI=1S/C29H23NO4/c31-26-27(21-12-4-1-5-13-21)20-28(22-14-6-2-7-15-22,23-16-8-3-9-17-23)33-34-29(27,32)24-18-10-11-19-25(24)30-26/h1-19,32H,20H2,(H,30,31). The van der Waals surface area contributed by atoms with Gasteiger partial charge in [-0.25, -0.2) is 4.89 Å². The maximum atomic E-state index is 14.1. The average Bonchev–Trinajstić information content (AvgIpc) is 2.90. The Hall–Kier alpha value is -3.77. The zero-order valence-corrected chi connectivity index (χ0v) is 18.3. The number of fused-ring (bicyclic) bond motifs is 3. The van der Waals surface area contributed by atoms with E-state index in [0.717, 1.165) is 11.1 Å². The van der Waals surface area contributed by atoms with Crippen molar-refractivity contribution in [1.29, 1.82) is 0 Å². The van der Waals surface area contributed by atoms with E-state index in [1.807, 2.05) is 97.1 Å². The van der Waals surface area contributed by atoms with Gasteiger partial charge in [0.1, 0.15) is 5.41 Å². The second-order valence-corrected chi connectivity index (χ2v) is 8.82. The first kappa shape index (κ1) is 20.8. The number of rotatable bonds is 3. The number of amides is 1. The van der Waals surface area contributed by atoms with Crippen molar-refractivity contribution < 1.29 is 19.7 Å². The summed E-state index contributed by atoms with van der Waals surface area (Å²) in [5.74, 6) is -2.39. The molecule has 0 bridgehead atoms. The molecule has 1 saturated heterocycles. The summed E-state index contributed by atoms with van der Waals surface area (Å²) in [5.41, 5.74) is 0.602. The van der Waals surface area contributed by atoms with Crippen LogP contribution < -0.4 is 5.32 Å². The van der Waals surface area contributed by atoms with Crippen LogP contribution in [0.2, 0.25) is 0 Å². The fraction of sp³-hybridized carbons (Fsp3) is 0.138. The maximum Gasteiger partial charge on any atom is 0.246 e. The van der Waals surface area contributed by atoms with Crippen LogP contribution in [0.5, 0.6) is 0 Å². The number of anilines is 1. The summed E-state index contributed by atoms with van der Waals surface area (Å²) >= 11 is 0. The van der Waals surface area contributed by atoms with E-state index in [-0.39, 0.29) is 12.3 Å². The molecular weight excluding hydrogens is 426 g/mol. The average molecular weight is 450 g/mol. The van der Waals surface area contributed by atoms with Crippen LogP contribution in [0.1, 0.15) is 28.7 Å². The first-order valence-electron chi connectivity index (χ1n) is 11.3. The van der Waals surface area contributed by atoms with Crippen molar-refractivity contribution in [2.45, 2.75) is 23.2 Å². The van der Waals surface area contributed by atoms with Crippen LogP contribution in [0.25, 0.3) is 0 Å². The lowest BCUT2D eigenvalue weighted by Gasteiger charge is -2.56. The molecule has 2 unspecified atom stereocenters. The summed E-state index contributed by atoms with van der Waals surface area (Å²) in [4.78, 5) is 26.3. The van der Waals surface area contributed by atoms with Crippen molar-refractivity contribution in [3.05, 3.63) is 138 Å². The monoisotopic (exact) mass is 449 g/mol. The van der Waals surface area contributed by atoms with Crippen molar-refractivity contribution >= 4 is 11.6 Å². The van der Waals surface area contributed by atoms with Crippen molar-refractivity contribution in [2.24, 2.45) is 0 Å². The number of aliphatic hydroxyl groups is 1. The number of hydrogen-bond acceptors (Lipinski definition) is 4. The van der Waals surface area contributed by atoms with E-state index in [1.165, 1.54) is 0 Å². The molecule has 5 nitrogen and oxygen atoms in total. The Balaban J connectivity index is 1.66. The first-order chi connectivity index (χ1) is 16.6. The van der Waals surface area contributed by atoms with Gasteiger partial charge in [-0.3, -0.25) is 4.79 Å². The lowest BCUT2D eigenvalue weighted by molar-refractivity contribution is -0.506. The van der Waals surface area contributed by atoms with Gasteiger partial charge in [0.25, 0.3) is 0 Å². The van der Waals surface area contributed by atoms with E-state index in [9.17, 15) is 9.90 Å². The largest absolute Gasteiger partial charge is 0.359 e. The number of benzene rings is 4. The summed E-state index contributed by atoms with van der Waals surface area (Å²) < 4.78 is 0. The zero-order valence-electron chi connectivity index (χ0n) is 18.3. The predicted molar refractivity (Wildman–Crippen MR) is 128 cm³/mol. The first-order valence-corrected chi connectivity index (χ1v) is 11.3. The van der Waals surface area contributed by atoms with Crippen LogP contribution in [0.4, 0.5) is 5.69 Å². The molecule has 0 saturated carbocycles. The van der Waals surface area contributed by atoms with E-state index >= 15 is 0 Å². The lowest BCUT2D eigenvalue weighted by atomic mass is 9.60. The lowest BCUT2D eigenvalue weighted by Crippen LogP contribution is -2.67. The van der Waals surface area contributed by atoms with Crippen LogP contribution >= 0.6 is 0 Å². The van der Waals surface area contributed by atoms with Gasteiger partial charge >= 0.3 is 0 Å². The second kappa shape index (κ2) is 7.64. The van der Waals surface area contributed by atoms with Gasteiger partial charge in [-0.2, -0.15) is 4.89 Å². The van der Waals surface area contributed by atoms with Crippen molar-refractivity contribution in [1.82, 2.24) is 0 Å². The molecule has 4 aromatic carbocycles. The summed E-state index contributed by atoms with van der Waals surface area (Å²) in [7, 11) is 0. The molecule has 2 aliphatic heterocycles. The number of hydrogen-bond donors (Lipinski definition) is 2. The van der Waals surface area contributed by atoms with Crippen LogP contribution in [-0.4, -0.2) is 11.0 Å². The molecule has 1 amide bonds. The third kappa shape index (κ3) is 2.75. The Bertz CT molecular complexity index is 1300. The van der Waals surface area contributed by atoms with E-state index in [4.69, 9.17) is 9.78 Å². The van der Waals surface area contributed by atoms with Gasteiger partial charge in [0.15, 0.2) is 5.60 Å². The molecule has 0 aliphatic carbocycles. The molecular formula is C29H23NO4. The smallest absolute Gasteiger partial charge is 0.246 e. The van der Waals surface area contributed by atoms with Gasteiger partial charge in [-0.15, -0.1) is 0 Å². The molecule has 1 fully saturated rings. The minimum Gasteiger partial charge on any atom is -0.359 e. The fourth-order valence-electron chi connectivity index (χ4n) is 5.38. The highest BCUT2D eigenvalue weighted by molar-refractivity contribution is 6.03. The number of para-hydroxylation sites is 1. The quantitative estimate of drug-likeness (QED) is 0.431. The second-order valence-electron chi connectivity index (χ2n) is 8.82. The molecule has 2 heterocycles. The van der Waals surface area contributed by atoms with Gasteiger partial charge in [-0.1, -0.05) is 109 Å². The minimum atomic E-state index is -2.04. The zero-order chi connectivity index (χ0) is 23.2. The van der Waals surface area contributed by atoms with Crippen LogP contribution in [-0.2, 0) is 31.4 Å². The van der Waals surface area contributed by atoms with Crippen LogP contribution in [0.3, 0.4) is 0 Å². The summed E-state index contributed by atoms with van der Waals surface area (Å²) in [6, 6.07) is 35.8. The number of carbonyl (C=O) groups is 1. The molecule has 4 aromatic rings. The SMILES string of the molecule is O=C1Nc2ccccc2C2(O)OOC(c3ccccc3)(c3ccccc3)CC12c1ccccc1. The van der Waals surface area contributed by atoms with Crippen LogP contribution in [0.15, 0.2) is 115 Å². The van der Waals surface area contributed by atoms with E-state index in [2.05, 4.69) is 5.32 Å². The van der Waals surface area contributed by atoms with Gasteiger partial charge < -0.3 is 10.4 Å². The summed E-state index contributed by atoms with van der Waals surface area (Å²) in [5, 5.41) is 15.3. The maximum absolute atomic E-state index is 14.1. The van der Waals surface area contributed by atoms with Gasteiger partial charge in [0.05, 0.1) is 0 Å². The van der Waals surface area contributed by atoms with Crippen molar-refractivity contribution in [2.75, 3.05) is 5.32 Å². The third-order valence-corrected chi connectivity index (χ3v) is 7.07. The van der Waals surface area contributed by atoms with Gasteiger partial charge in [0, 0.05) is 17.7 Å². The molecule has 6 rings (SSSR count). The summed E-state index contributed by atoms with van der Waals surface area (Å²) in [6.07, 6.45) is 0.120. The third-order valence-electron chi connectivity index (χ3n) is 7.07. The molecule has 2 aliphatic rings. The van der Waals surface area contributed by atoms with E-state index < -0.39 is 16.8 Å². The van der Waals surface area contributed by atoms with Gasteiger partial charge in [-0.05, 0) is 22.8 Å². The molecule has 5 heteroatoms. The summed E-state index contributed by atoms with van der Waals surface area (Å²) in [6.45, 7) is 0. The van der Waals surface area contributed by atoms with Gasteiger partial charge in [0.2, 0.25) is 11.7 Å². The number of carbonyl (C=O) groups excluding carboxylic acids is 1. The number of nitrogens with one attached hydrogen (secondary N) is 1. The van der Waals surface area contributed by atoms with E-state index in [1.54, 1.807) is 18.2 Å². The molecule has 2 atom stereocenters. The topological polar surface area (TPSA) is 67.8 Å². The predicted octanol–water partition coefficient (Wildman–Crippen LogP) is 5.02. The Kier molecular flexibility index (Phi) is 4.67. The van der Waals surface area contributed by atoms with E-state index in [0.29, 0.717) is 16.8 Å². The molecule has 2 N–H and O–H groups in total. The Morgan fingerprint density at radius 2 is 1.15 bits per heavy atom. The molecule has 34 heavy (non-hydrogen) atoms. The Morgan fingerprint density at radius 1 is 0.647 bits per heavy atom. The van der Waals surface area contributed by atoms with Crippen molar-refractivity contribution in [3.63, 3.8) is 0 Å². The highest BCUT2D eigenvalue weighted by Crippen LogP contribution is 2.60. The Labute approximate surface area is 197 Å². The highest BCUT2D eigenvalue weighted by atomic mass is 17.2. The normalized spacial score (nSPS) is 25.0. The van der Waals surface area contributed by atoms with Crippen LogP contribution in [0, 0.1) is 0 Å². The molecule has 0 radical (unpaired) electrons. The molecule has 0 spiro atoms. The highest BCUT2D eigenvalue weighted by Gasteiger charge is 2.70. The van der Waals surface area contributed by atoms with Crippen molar-refractivity contribution in [3.8, 4) is 0 Å². The molecule has 168 valence electrons. The fourth-order valence-corrected chi connectivity index (χ4v) is 5.38. The minimum absolute atomic E-state index is 0.120. The Morgan fingerprint density at radius 3 is 1.74 bits per heavy atom.